The van der Waals surface area contributed by atoms with Crippen LogP contribution in [0.4, 0.5) is 23.2 Å². The summed E-state index contributed by atoms with van der Waals surface area (Å²) in [5.41, 5.74) is 0.0811. The highest BCUT2D eigenvalue weighted by Gasteiger charge is 2.32. The molecule has 20 heavy (non-hydrogen) atoms. The van der Waals surface area contributed by atoms with Gasteiger partial charge in [-0.1, -0.05) is 24.3 Å². The summed E-state index contributed by atoms with van der Waals surface area (Å²) < 4.78 is 51.3. The zero-order chi connectivity index (χ0) is 14.6. The van der Waals surface area contributed by atoms with Crippen molar-refractivity contribution in [2.45, 2.75) is 12.6 Å². The molecular formula is C15H13F4N. The fourth-order valence-corrected chi connectivity index (χ4v) is 1.92. The number of rotatable bonds is 4. The van der Waals surface area contributed by atoms with Crippen LogP contribution >= 0.6 is 0 Å². The lowest BCUT2D eigenvalue weighted by atomic mass is 10.1. The standard InChI is InChI=1S/C15H13F4N/c16-12-5-3-4-11(10-12)8-9-20-14-7-2-1-6-13(14)15(17,18)19/h1-7,10,20H,8-9H2. The third kappa shape index (κ3) is 3.73. The molecule has 0 saturated carbocycles. The van der Waals surface area contributed by atoms with Crippen molar-refractivity contribution in [3.63, 3.8) is 0 Å². The van der Waals surface area contributed by atoms with E-state index in [9.17, 15) is 17.6 Å². The van der Waals surface area contributed by atoms with Gasteiger partial charge < -0.3 is 5.32 Å². The van der Waals surface area contributed by atoms with Crippen molar-refractivity contribution in [2.75, 3.05) is 11.9 Å². The van der Waals surface area contributed by atoms with Crippen molar-refractivity contribution < 1.29 is 17.6 Å². The first kappa shape index (κ1) is 14.4. The normalized spacial score (nSPS) is 11.4. The molecule has 1 nitrogen and oxygen atoms in total. The molecule has 0 heterocycles. The first-order chi connectivity index (χ1) is 9.47. The van der Waals surface area contributed by atoms with Crippen LogP contribution in [0.2, 0.25) is 0 Å². The number of benzene rings is 2. The summed E-state index contributed by atoms with van der Waals surface area (Å²) in [5.74, 6) is -0.349. The maximum absolute atomic E-state index is 13.0. The van der Waals surface area contributed by atoms with E-state index in [1.54, 1.807) is 18.2 Å². The Morgan fingerprint density at radius 3 is 2.40 bits per heavy atom. The highest BCUT2D eigenvalue weighted by molar-refractivity contribution is 5.52. The second-order valence-electron chi connectivity index (χ2n) is 4.35. The van der Waals surface area contributed by atoms with Crippen molar-refractivity contribution in [3.8, 4) is 0 Å². The van der Waals surface area contributed by atoms with Gasteiger partial charge in [0.25, 0.3) is 0 Å². The van der Waals surface area contributed by atoms with Gasteiger partial charge in [-0.25, -0.2) is 4.39 Å². The van der Waals surface area contributed by atoms with Crippen LogP contribution in [0.15, 0.2) is 48.5 Å². The second-order valence-corrected chi connectivity index (χ2v) is 4.35. The van der Waals surface area contributed by atoms with Crippen LogP contribution in [0.5, 0.6) is 0 Å². The molecule has 5 heteroatoms. The topological polar surface area (TPSA) is 12.0 Å². The van der Waals surface area contributed by atoms with E-state index in [2.05, 4.69) is 5.32 Å². The lowest BCUT2D eigenvalue weighted by Crippen LogP contribution is -2.12. The van der Waals surface area contributed by atoms with E-state index in [1.165, 1.54) is 24.3 Å². The Labute approximate surface area is 114 Å². The largest absolute Gasteiger partial charge is 0.418 e. The van der Waals surface area contributed by atoms with Gasteiger partial charge in [-0.3, -0.25) is 0 Å². The van der Waals surface area contributed by atoms with Crippen LogP contribution in [0.3, 0.4) is 0 Å². The quantitative estimate of drug-likeness (QED) is 0.815. The lowest BCUT2D eigenvalue weighted by Gasteiger charge is -2.14. The molecule has 106 valence electrons. The smallest absolute Gasteiger partial charge is 0.384 e. The molecule has 0 atom stereocenters. The number of nitrogens with one attached hydrogen (secondary N) is 1. The maximum atomic E-state index is 13.0. The highest BCUT2D eigenvalue weighted by Crippen LogP contribution is 2.34. The summed E-state index contributed by atoms with van der Waals surface area (Å²) in [4.78, 5) is 0. The van der Waals surface area contributed by atoms with E-state index in [-0.39, 0.29) is 11.5 Å². The molecule has 0 aliphatic carbocycles. The molecule has 0 fully saturated rings. The van der Waals surface area contributed by atoms with Crippen LogP contribution < -0.4 is 5.32 Å². The lowest BCUT2D eigenvalue weighted by molar-refractivity contribution is -0.136. The van der Waals surface area contributed by atoms with E-state index in [1.807, 2.05) is 0 Å². The first-order valence-electron chi connectivity index (χ1n) is 6.11. The highest BCUT2D eigenvalue weighted by atomic mass is 19.4. The maximum Gasteiger partial charge on any atom is 0.418 e. The molecule has 0 aromatic heterocycles. The zero-order valence-electron chi connectivity index (χ0n) is 10.5. The van der Waals surface area contributed by atoms with E-state index in [4.69, 9.17) is 0 Å². The third-order valence-electron chi connectivity index (χ3n) is 2.85. The first-order valence-corrected chi connectivity index (χ1v) is 6.11. The molecule has 0 amide bonds. The van der Waals surface area contributed by atoms with Gasteiger partial charge in [-0.05, 0) is 36.2 Å². The number of hydrogen-bond donors (Lipinski definition) is 1. The van der Waals surface area contributed by atoms with Gasteiger partial charge in [0.1, 0.15) is 5.82 Å². The number of anilines is 1. The summed E-state index contributed by atoms with van der Waals surface area (Å²) in [6.45, 7) is 0.302. The Bertz CT molecular complexity index is 578. The van der Waals surface area contributed by atoms with E-state index >= 15 is 0 Å². The van der Waals surface area contributed by atoms with Gasteiger partial charge in [0.2, 0.25) is 0 Å². The number of alkyl halides is 3. The third-order valence-corrected chi connectivity index (χ3v) is 2.85. The molecule has 0 aliphatic heterocycles. The summed E-state index contributed by atoms with van der Waals surface area (Å²) in [6, 6.07) is 11.3. The summed E-state index contributed by atoms with van der Waals surface area (Å²) >= 11 is 0. The predicted octanol–water partition coefficient (Wildman–Crippen LogP) is 4.50. The molecule has 0 radical (unpaired) electrons. The van der Waals surface area contributed by atoms with Crippen molar-refractivity contribution in [1.29, 1.82) is 0 Å². The average molecular weight is 283 g/mol. The van der Waals surface area contributed by atoms with Gasteiger partial charge in [0.05, 0.1) is 5.56 Å². The SMILES string of the molecule is Fc1cccc(CCNc2ccccc2C(F)(F)F)c1. The van der Waals surface area contributed by atoms with Gasteiger partial charge >= 0.3 is 6.18 Å². The van der Waals surface area contributed by atoms with Gasteiger partial charge in [-0.15, -0.1) is 0 Å². The molecule has 0 unspecified atom stereocenters. The van der Waals surface area contributed by atoms with E-state index < -0.39 is 11.7 Å². The number of halogens is 4. The van der Waals surface area contributed by atoms with Crippen molar-refractivity contribution in [1.82, 2.24) is 0 Å². The fourth-order valence-electron chi connectivity index (χ4n) is 1.92. The molecule has 0 saturated heterocycles. The molecule has 0 aliphatic rings. The minimum atomic E-state index is -4.39. The second kappa shape index (κ2) is 5.94. The van der Waals surface area contributed by atoms with Gasteiger partial charge in [-0.2, -0.15) is 13.2 Å². The Balaban J connectivity index is 2.01. The number of hydrogen-bond acceptors (Lipinski definition) is 1. The van der Waals surface area contributed by atoms with Gasteiger partial charge in [0, 0.05) is 12.2 Å². The molecule has 2 aromatic rings. The summed E-state index contributed by atoms with van der Waals surface area (Å²) in [6.07, 6.45) is -3.94. The summed E-state index contributed by atoms with van der Waals surface area (Å²) in [7, 11) is 0. The molecule has 2 rings (SSSR count). The Morgan fingerprint density at radius 2 is 1.70 bits per heavy atom. The summed E-state index contributed by atoms with van der Waals surface area (Å²) in [5, 5.41) is 2.75. The Hall–Kier alpha value is -2.04. The zero-order valence-corrected chi connectivity index (χ0v) is 10.5. The monoisotopic (exact) mass is 283 g/mol. The van der Waals surface area contributed by atoms with E-state index in [0.29, 0.717) is 13.0 Å². The van der Waals surface area contributed by atoms with Gasteiger partial charge in [0.15, 0.2) is 0 Å². The van der Waals surface area contributed by atoms with E-state index in [0.717, 1.165) is 11.6 Å². The molecule has 2 aromatic carbocycles. The van der Waals surface area contributed by atoms with Crippen LogP contribution in [0.1, 0.15) is 11.1 Å². The molecule has 0 spiro atoms. The molecule has 1 N–H and O–H groups in total. The Morgan fingerprint density at radius 1 is 0.950 bits per heavy atom. The fraction of sp³-hybridized carbons (Fsp3) is 0.200. The van der Waals surface area contributed by atoms with Crippen LogP contribution in [0.25, 0.3) is 0 Å². The molecule has 0 bridgehead atoms. The minimum Gasteiger partial charge on any atom is -0.384 e. The Kier molecular flexibility index (Phi) is 4.27. The van der Waals surface area contributed by atoms with Crippen LogP contribution in [-0.4, -0.2) is 6.54 Å². The predicted molar refractivity (Wildman–Crippen MR) is 70.0 cm³/mol. The van der Waals surface area contributed by atoms with Crippen molar-refractivity contribution in [2.24, 2.45) is 0 Å². The van der Waals surface area contributed by atoms with Crippen molar-refractivity contribution >= 4 is 5.69 Å². The molecular weight excluding hydrogens is 270 g/mol. The van der Waals surface area contributed by atoms with Crippen LogP contribution in [0, 0.1) is 5.82 Å². The van der Waals surface area contributed by atoms with Crippen LogP contribution in [-0.2, 0) is 12.6 Å². The van der Waals surface area contributed by atoms with Crippen molar-refractivity contribution in [3.05, 3.63) is 65.5 Å². The number of para-hydroxylation sites is 1. The minimum absolute atomic E-state index is 0.0383. The average Bonchev–Trinajstić information content (AvgIpc) is 2.38.